The van der Waals surface area contributed by atoms with Gasteiger partial charge in [-0.1, -0.05) is 36.4 Å². The van der Waals surface area contributed by atoms with Crippen LogP contribution in [0, 0.1) is 0 Å². The maximum Gasteiger partial charge on any atom is 0.279 e. The molecule has 0 bridgehead atoms. The van der Waals surface area contributed by atoms with E-state index in [1.165, 1.54) is 14.2 Å². The Balaban J connectivity index is 1.33. The average molecular weight is 551 g/mol. The molecule has 4 aromatic carbocycles. The van der Waals surface area contributed by atoms with Gasteiger partial charge >= 0.3 is 0 Å². The molecule has 5 rings (SSSR count). The third-order valence-electron chi connectivity index (χ3n) is 6.16. The summed E-state index contributed by atoms with van der Waals surface area (Å²) in [5.74, 6) is 1.12. The highest BCUT2D eigenvalue weighted by Crippen LogP contribution is 2.27. The number of hydrogen-bond acceptors (Lipinski definition) is 7. The second-order valence-corrected chi connectivity index (χ2v) is 8.82. The van der Waals surface area contributed by atoms with Gasteiger partial charge in [0.1, 0.15) is 28.7 Å². The summed E-state index contributed by atoms with van der Waals surface area (Å²) < 4.78 is 17.6. The quantitative estimate of drug-likeness (QED) is 0.276. The van der Waals surface area contributed by atoms with Crippen LogP contribution in [-0.4, -0.2) is 42.4 Å². The first kappa shape index (κ1) is 26.9. The molecular weight excluding hydrogens is 524 g/mol. The predicted molar refractivity (Wildman–Crippen MR) is 154 cm³/mol. The van der Waals surface area contributed by atoms with Crippen LogP contribution in [0.4, 0.5) is 5.69 Å². The van der Waals surface area contributed by atoms with Crippen LogP contribution >= 0.6 is 0 Å². The third kappa shape index (κ3) is 6.01. The zero-order valence-corrected chi connectivity index (χ0v) is 22.3. The predicted octanol–water partition coefficient (Wildman–Crippen LogP) is 4.56. The molecule has 0 fully saturated rings. The summed E-state index contributed by atoms with van der Waals surface area (Å²) in [4.78, 5) is 39.2. The lowest BCUT2D eigenvalue weighted by Crippen LogP contribution is -2.35. The highest BCUT2D eigenvalue weighted by molar-refractivity contribution is 6.06. The molecule has 0 aliphatic rings. The Kier molecular flexibility index (Phi) is 7.91. The van der Waals surface area contributed by atoms with E-state index in [9.17, 15) is 14.4 Å². The smallest absolute Gasteiger partial charge is 0.279 e. The van der Waals surface area contributed by atoms with Crippen molar-refractivity contribution in [1.29, 1.82) is 0 Å². The van der Waals surface area contributed by atoms with Crippen LogP contribution in [0.1, 0.15) is 10.5 Å². The van der Waals surface area contributed by atoms with Crippen LogP contribution in [0.3, 0.4) is 0 Å². The molecule has 10 heteroatoms. The maximum atomic E-state index is 13.3. The highest BCUT2D eigenvalue weighted by Gasteiger charge is 2.20. The molecule has 0 saturated heterocycles. The van der Waals surface area contributed by atoms with Gasteiger partial charge < -0.3 is 24.8 Å². The molecule has 0 atom stereocenters. The summed E-state index contributed by atoms with van der Waals surface area (Å²) in [6.07, 6.45) is 0. The van der Waals surface area contributed by atoms with Crippen molar-refractivity contribution in [3.8, 4) is 28.7 Å². The number of methoxy groups -OCH3 is 2. The number of benzene rings is 4. The number of rotatable bonds is 9. The molecule has 10 nitrogen and oxygen atoms in total. The number of fused-ring (bicyclic) bond motifs is 1. The summed E-state index contributed by atoms with van der Waals surface area (Å²) in [6.45, 7) is -0.317. The van der Waals surface area contributed by atoms with Crippen LogP contribution in [0.5, 0.6) is 23.0 Å². The summed E-state index contributed by atoms with van der Waals surface area (Å²) in [5.41, 5.74) is 0.412. The lowest BCUT2D eigenvalue weighted by molar-refractivity contribution is -0.115. The molecule has 1 heterocycles. The second kappa shape index (κ2) is 12.0. The average Bonchev–Trinajstić information content (AvgIpc) is 3.01. The Morgan fingerprint density at radius 3 is 2.15 bits per heavy atom. The number of carbonyl (C=O) groups is 2. The molecule has 0 unspecified atom stereocenters. The van der Waals surface area contributed by atoms with Gasteiger partial charge in [0.2, 0.25) is 5.91 Å². The highest BCUT2D eigenvalue weighted by atomic mass is 16.5. The van der Waals surface area contributed by atoms with Gasteiger partial charge in [-0.15, -0.1) is 0 Å². The van der Waals surface area contributed by atoms with Gasteiger partial charge in [-0.05, 0) is 54.6 Å². The van der Waals surface area contributed by atoms with E-state index in [-0.39, 0.29) is 17.6 Å². The van der Waals surface area contributed by atoms with Gasteiger partial charge in [-0.25, -0.2) is 0 Å². The van der Waals surface area contributed by atoms with Crippen molar-refractivity contribution in [2.24, 2.45) is 0 Å². The minimum absolute atomic E-state index is 0.0201. The van der Waals surface area contributed by atoms with E-state index in [0.29, 0.717) is 39.8 Å². The van der Waals surface area contributed by atoms with Gasteiger partial charge in [0.15, 0.2) is 5.69 Å². The van der Waals surface area contributed by atoms with Crippen LogP contribution < -0.4 is 30.4 Å². The van der Waals surface area contributed by atoms with Gasteiger partial charge in [0, 0.05) is 17.1 Å². The monoisotopic (exact) mass is 550 g/mol. The minimum Gasteiger partial charge on any atom is -0.497 e. The SMILES string of the molecule is COc1ccc(-n2nc(C(=O)NCC(=O)Nc3ccc(Oc4ccccc4)cc3)c3ccccc3c2=O)c(OC)c1. The molecule has 1 aromatic heterocycles. The van der Waals surface area contributed by atoms with Crippen molar-refractivity contribution in [2.75, 3.05) is 26.1 Å². The molecule has 0 radical (unpaired) electrons. The van der Waals surface area contributed by atoms with E-state index in [1.54, 1.807) is 66.7 Å². The number of amides is 2. The number of nitrogens with zero attached hydrogens (tertiary/aromatic N) is 2. The topological polar surface area (TPSA) is 121 Å². The lowest BCUT2D eigenvalue weighted by Gasteiger charge is -2.14. The van der Waals surface area contributed by atoms with Crippen molar-refractivity contribution >= 4 is 28.3 Å². The normalized spacial score (nSPS) is 10.6. The number of hydrogen-bond donors (Lipinski definition) is 2. The number of nitrogens with one attached hydrogen (secondary N) is 2. The number of carbonyl (C=O) groups excluding carboxylic acids is 2. The largest absolute Gasteiger partial charge is 0.497 e. The number of para-hydroxylation sites is 1. The van der Waals surface area contributed by atoms with Crippen molar-refractivity contribution in [3.63, 3.8) is 0 Å². The molecule has 0 saturated carbocycles. The Labute approximate surface area is 235 Å². The molecule has 5 aromatic rings. The number of aromatic nitrogens is 2. The Morgan fingerprint density at radius 1 is 0.780 bits per heavy atom. The summed E-state index contributed by atoms with van der Waals surface area (Å²) in [6, 6.07) is 27.7. The first-order chi connectivity index (χ1) is 20.0. The Morgan fingerprint density at radius 2 is 1.44 bits per heavy atom. The van der Waals surface area contributed by atoms with Gasteiger partial charge in [0.05, 0.1) is 26.2 Å². The fourth-order valence-electron chi connectivity index (χ4n) is 4.16. The van der Waals surface area contributed by atoms with E-state index in [1.807, 2.05) is 30.3 Å². The Hall–Kier alpha value is -5.64. The number of ether oxygens (including phenoxy) is 3. The van der Waals surface area contributed by atoms with Crippen molar-refractivity contribution in [3.05, 3.63) is 113 Å². The zero-order chi connectivity index (χ0) is 28.8. The first-order valence-corrected chi connectivity index (χ1v) is 12.6. The number of anilines is 1. The van der Waals surface area contributed by atoms with E-state index in [0.717, 1.165) is 4.68 Å². The van der Waals surface area contributed by atoms with Crippen LogP contribution in [0.2, 0.25) is 0 Å². The summed E-state index contributed by atoms with van der Waals surface area (Å²) in [7, 11) is 2.98. The van der Waals surface area contributed by atoms with Crippen molar-refractivity contribution in [2.45, 2.75) is 0 Å². The summed E-state index contributed by atoms with van der Waals surface area (Å²) >= 11 is 0. The lowest BCUT2D eigenvalue weighted by atomic mass is 10.1. The van der Waals surface area contributed by atoms with Gasteiger partial charge in [0.25, 0.3) is 11.5 Å². The molecule has 2 N–H and O–H groups in total. The van der Waals surface area contributed by atoms with Gasteiger partial charge in [-0.2, -0.15) is 9.78 Å². The van der Waals surface area contributed by atoms with E-state index in [4.69, 9.17) is 14.2 Å². The van der Waals surface area contributed by atoms with Crippen LogP contribution in [-0.2, 0) is 4.79 Å². The molecule has 0 aliphatic heterocycles. The van der Waals surface area contributed by atoms with Crippen molar-refractivity contribution in [1.82, 2.24) is 15.1 Å². The van der Waals surface area contributed by atoms with Crippen LogP contribution in [0.25, 0.3) is 16.5 Å². The standard InChI is InChI=1S/C31H26N4O6/c1-39-23-16-17-26(27(18-23)40-2)35-31(38)25-11-7-6-10-24(25)29(34-35)30(37)32-19-28(36)33-20-12-14-22(15-13-20)41-21-8-4-3-5-9-21/h3-18H,19H2,1-2H3,(H,32,37)(H,33,36). The molecule has 206 valence electrons. The van der Waals surface area contributed by atoms with Crippen molar-refractivity contribution < 1.29 is 23.8 Å². The second-order valence-electron chi connectivity index (χ2n) is 8.82. The zero-order valence-electron chi connectivity index (χ0n) is 22.3. The molecule has 0 aliphatic carbocycles. The third-order valence-corrected chi connectivity index (χ3v) is 6.16. The van der Waals surface area contributed by atoms with E-state index < -0.39 is 17.4 Å². The van der Waals surface area contributed by atoms with E-state index in [2.05, 4.69) is 15.7 Å². The molecule has 0 spiro atoms. The molecular formula is C31H26N4O6. The van der Waals surface area contributed by atoms with E-state index >= 15 is 0 Å². The minimum atomic E-state index is -0.621. The van der Waals surface area contributed by atoms with Crippen LogP contribution in [0.15, 0.2) is 102 Å². The first-order valence-electron chi connectivity index (χ1n) is 12.6. The molecule has 41 heavy (non-hydrogen) atoms. The maximum absolute atomic E-state index is 13.3. The molecule has 2 amide bonds. The fourth-order valence-corrected chi connectivity index (χ4v) is 4.16. The summed E-state index contributed by atoms with van der Waals surface area (Å²) in [5, 5.41) is 10.3. The van der Waals surface area contributed by atoms with Gasteiger partial charge in [-0.3, -0.25) is 14.4 Å². The fraction of sp³-hybridized carbons (Fsp3) is 0.0968. The Bertz CT molecular complexity index is 1770.